The van der Waals surface area contributed by atoms with E-state index in [-0.39, 0.29) is 12.1 Å². The van der Waals surface area contributed by atoms with Gasteiger partial charge in [-0.1, -0.05) is 32.0 Å². The Morgan fingerprint density at radius 2 is 1.70 bits per heavy atom. The molecule has 2 N–H and O–H groups in total. The minimum absolute atomic E-state index is 0.0284. The molecule has 0 bridgehead atoms. The van der Waals surface area contributed by atoms with Crippen molar-refractivity contribution in [3.8, 4) is 11.1 Å². The number of carbonyl (C=O) groups excluding carboxylic acids is 1. The standard InChI is InChI=1S/C24H31N5O/c1-16(2)12-13-25-23-21-14-20(10-11-22(21)26-15-27-23)18-6-8-19(9-7-18)24(30)28-17(3)29(4)5/h6-11,14-17H,12-13H2,1-5H3,(H,28,30)(H,25,26,27). The minimum Gasteiger partial charge on any atom is -0.369 e. The Labute approximate surface area is 178 Å². The first kappa shape index (κ1) is 21.7. The number of hydrogen-bond acceptors (Lipinski definition) is 5. The van der Waals surface area contributed by atoms with Gasteiger partial charge in [-0.25, -0.2) is 9.97 Å². The van der Waals surface area contributed by atoms with Crippen LogP contribution in [0.2, 0.25) is 0 Å². The van der Waals surface area contributed by atoms with Crippen LogP contribution in [0.15, 0.2) is 48.8 Å². The third kappa shape index (κ3) is 5.33. The molecule has 30 heavy (non-hydrogen) atoms. The van der Waals surface area contributed by atoms with Gasteiger partial charge in [-0.05, 0) is 68.8 Å². The summed E-state index contributed by atoms with van der Waals surface area (Å²) in [4.78, 5) is 23.2. The fraction of sp³-hybridized carbons (Fsp3) is 0.375. The van der Waals surface area contributed by atoms with Crippen LogP contribution in [-0.2, 0) is 0 Å². The molecule has 1 aromatic heterocycles. The van der Waals surface area contributed by atoms with E-state index in [2.05, 4.69) is 46.6 Å². The van der Waals surface area contributed by atoms with Gasteiger partial charge in [0.05, 0.1) is 11.7 Å². The van der Waals surface area contributed by atoms with E-state index in [9.17, 15) is 4.79 Å². The summed E-state index contributed by atoms with van der Waals surface area (Å²) in [6, 6.07) is 13.9. The van der Waals surface area contributed by atoms with Gasteiger partial charge in [-0.2, -0.15) is 0 Å². The molecule has 1 amide bonds. The van der Waals surface area contributed by atoms with Crippen molar-refractivity contribution in [2.75, 3.05) is 26.0 Å². The first-order valence-corrected chi connectivity index (χ1v) is 10.4. The van der Waals surface area contributed by atoms with Crippen LogP contribution >= 0.6 is 0 Å². The van der Waals surface area contributed by atoms with E-state index < -0.39 is 0 Å². The Morgan fingerprint density at radius 3 is 2.37 bits per heavy atom. The van der Waals surface area contributed by atoms with Crippen LogP contribution in [0.1, 0.15) is 37.6 Å². The normalized spacial score (nSPS) is 12.4. The fourth-order valence-electron chi connectivity index (χ4n) is 3.07. The second-order valence-electron chi connectivity index (χ2n) is 8.25. The molecule has 3 rings (SSSR count). The van der Waals surface area contributed by atoms with Gasteiger partial charge in [0.1, 0.15) is 12.1 Å². The highest BCUT2D eigenvalue weighted by atomic mass is 16.1. The summed E-state index contributed by atoms with van der Waals surface area (Å²) in [6.07, 6.45) is 2.66. The number of amides is 1. The third-order valence-electron chi connectivity index (χ3n) is 5.24. The second-order valence-corrected chi connectivity index (χ2v) is 8.25. The first-order valence-electron chi connectivity index (χ1n) is 10.4. The van der Waals surface area contributed by atoms with Gasteiger partial charge in [0, 0.05) is 17.5 Å². The number of nitrogens with zero attached hydrogens (tertiary/aromatic N) is 3. The molecule has 1 atom stereocenters. The average molecular weight is 406 g/mol. The summed E-state index contributed by atoms with van der Waals surface area (Å²) >= 11 is 0. The van der Waals surface area contributed by atoms with E-state index in [0.717, 1.165) is 40.8 Å². The van der Waals surface area contributed by atoms with E-state index in [1.807, 2.05) is 56.3 Å². The highest BCUT2D eigenvalue weighted by molar-refractivity contribution is 5.95. The van der Waals surface area contributed by atoms with Crippen LogP contribution in [0.4, 0.5) is 5.82 Å². The maximum absolute atomic E-state index is 12.4. The van der Waals surface area contributed by atoms with Crippen molar-refractivity contribution in [1.82, 2.24) is 20.2 Å². The predicted octanol–water partition coefficient (Wildman–Crippen LogP) is 4.39. The lowest BCUT2D eigenvalue weighted by molar-refractivity contribution is 0.0900. The van der Waals surface area contributed by atoms with Gasteiger partial charge in [0.25, 0.3) is 5.91 Å². The molecule has 6 heteroatoms. The zero-order valence-corrected chi connectivity index (χ0v) is 18.4. The van der Waals surface area contributed by atoms with E-state index in [0.29, 0.717) is 11.5 Å². The number of nitrogens with one attached hydrogen (secondary N) is 2. The molecule has 0 radical (unpaired) electrons. The number of fused-ring (bicyclic) bond motifs is 1. The lowest BCUT2D eigenvalue weighted by Crippen LogP contribution is -2.42. The van der Waals surface area contributed by atoms with Crippen LogP contribution in [0, 0.1) is 5.92 Å². The molecular weight excluding hydrogens is 374 g/mol. The molecular formula is C24H31N5O. The van der Waals surface area contributed by atoms with Crippen LogP contribution in [-0.4, -0.2) is 47.6 Å². The molecule has 0 aliphatic heterocycles. The molecule has 0 aliphatic carbocycles. The Kier molecular flexibility index (Phi) is 7.00. The van der Waals surface area contributed by atoms with Gasteiger partial charge in [-0.3, -0.25) is 9.69 Å². The summed E-state index contributed by atoms with van der Waals surface area (Å²) in [5.41, 5.74) is 3.67. The van der Waals surface area contributed by atoms with Crippen molar-refractivity contribution < 1.29 is 4.79 Å². The molecule has 0 saturated heterocycles. The first-order chi connectivity index (χ1) is 14.3. The second kappa shape index (κ2) is 9.67. The number of benzene rings is 2. The predicted molar refractivity (Wildman–Crippen MR) is 124 cm³/mol. The Hall–Kier alpha value is -2.99. The SMILES string of the molecule is CC(C)CCNc1ncnc2ccc(-c3ccc(C(=O)NC(C)N(C)C)cc3)cc12. The number of hydrogen-bond donors (Lipinski definition) is 2. The summed E-state index contributed by atoms with van der Waals surface area (Å²) in [5.74, 6) is 1.42. The zero-order chi connectivity index (χ0) is 21.7. The topological polar surface area (TPSA) is 70.1 Å². The molecule has 158 valence electrons. The largest absolute Gasteiger partial charge is 0.369 e. The highest BCUT2D eigenvalue weighted by Gasteiger charge is 2.12. The summed E-state index contributed by atoms with van der Waals surface area (Å²) in [5, 5.41) is 7.42. The van der Waals surface area contributed by atoms with Crippen molar-refractivity contribution >= 4 is 22.6 Å². The number of aromatic nitrogens is 2. The Balaban J connectivity index is 1.81. The highest BCUT2D eigenvalue weighted by Crippen LogP contribution is 2.27. The van der Waals surface area contributed by atoms with Crippen molar-refractivity contribution in [1.29, 1.82) is 0 Å². The van der Waals surface area contributed by atoms with Gasteiger partial charge >= 0.3 is 0 Å². The molecule has 1 unspecified atom stereocenters. The number of rotatable bonds is 8. The summed E-state index contributed by atoms with van der Waals surface area (Å²) in [7, 11) is 3.87. The molecule has 0 fully saturated rings. The lowest BCUT2D eigenvalue weighted by atomic mass is 10.0. The molecule has 3 aromatic rings. The summed E-state index contributed by atoms with van der Waals surface area (Å²) in [6.45, 7) is 7.26. The minimum atomic E-state index is -0.0775. The van der Waals surface area contributed by atoms with Crippen molar-refractivity contribution in [3.63, 3.8) is 0 Å². The molecule has 0 spiro atoms. The van der Waals surface area contributed by atoms with Gasteiger partial charge in [0.2, 0.25) is 0 Å². The van der Waals surface area contributed by atoms with E-state index in [1.165, 1.54) is 0 Å². The molecule has 2 aromatic carbocycles. The van der Waals surface area contributed by atoms with Gasteiger partial charge < -0.3 is 10.6 Å². The molecule has 1 heterocycles. The van der Waals surface area contributed by atoms with Crippen LogP contribution in [0.25, 0.3) is 22.0 Å². The van der Waals surface area contributed by atoms with Crippen molar-refractivity contribution in [3.05, 3.63) is 54.4 Å². The number of carbonyl (C=O) groups is 1. The molecule has 6 nitrogen and oxygen atoms in total. The monoisotopic (exact) mass is 405 g/mol. The van der Waals surface area contributed by atoms with Crippen LogP contribution in [0.3, 0.4) is 0 Å². The average Bonchev–Trinajstić information content (AvgIpc) is 2.73. The molecule has 0 saturated carbocycles. The van der Waals surface area contributed by atoms with Gasteiger partial charge in [0.15, 0.2) is 0 Å². The fourth-order valence-corrected chi connectivity index (χ4v) is 3.07. The van der Waals surface area contributed by atoms with E-state index in [4.69, 9.17) is 0 Å². The Bertz CT molecular complexity index is 998. The van der Waals surface area contributed by atoms with E-state index in [1.54, 1.807) is 6.33 Å². The third-order valence-corrected chi connectivity index (χ3v) is 5.24. The molecule has 0 aliphatic rings. The lowest BCUT2D eigenvalue weighted by Gasteiger charge is -2.21. The van der Waals surface area contributed by atoms with E-state index >= 15 is 0 Å². The van der Waals surface area contributed by atoms with Crippen LogP contribution in [0.5, 0.6) is 0 Å². The zero-order valence-electron chi connectivity index (χ0n) is 18.4. The quantitative estimate of drug-likeness (QED) is 0.544. The summed E-state index contributed by atoms with van der Waals surface area (Å²) < 4.78 is 0. The smallest absolute Gasteiger partial charge is 0.252 e. The Morgan fingerprint density at radius 1 is 1.00 bits per heavy atom. The van der Waals surface area contributed by atoms with Crippen molar-refractivity contribution in [2.24, 2.45) is 5.92 Å². The number of anilines is 1. The van der Waals surface area contributed by atoms with Crippen LogP contribution < -0.4 is 10.6 Å². The maximum Gasteiger partial charge on any atom is 0.252 e. The van der Waals surface area contributed by atoms with Crippen molar-refractivity contribution in [2.45, 2.75) is 33.4 Å². The maximum atomic E-state index is 12.4. The van der Waals surface area contributed by atoms with Gasteiger partial charge in [-0.15, -0.1) is 0 Å².